The molecule has 0 heterocycles. The van der Waals surface area contributed by atoms with Crippen molar-refractivity contribution < 1.29 is 39.0 Å². The zero-order valence-electron chi connectivity index (χ0n) is 19.7. The number of carbonyl (C=O) groups excluding carboxylic acids is 5. The van der Waals surface area contributed by atoms with E-state index in [2.05, 4.69) is 16.0 Å². The highest BCUT2D eigenvalue weighted by molar-refractivity contribution is 5.95. The Labute approximate surface area is 206 Å². The van der Waals surface area contributed by atoms with E-state index in [-0.39, 0.29) is 19.3 Å². The van der Waals surface area contributed by atoms with Crippen LogP contribution in [0, 0.1) is 0 Å². The van der Waals surface area contributed by atoms with Gasteiger partial charge in [-0.2, -0.15) is 0 Å². The fraction of sp³-hybridized carbons (Fsp3) is 0.455. The summed E-state index contributed by atoms with van der Waals surface area (Å²) in [5, 5.41) is 26.2. The number of carbonyl (C=O) groups is 6. The molecule has 14 nitrogen and oxygen atoms in total. The number of carboxylic acids is 1. The molecule has 0 aromatic heterocycles. The van der Waals surface area contributed by atoms with Gasteiger partial charge in [0.25, 0.3) is 0 Å². The number of rotatable bonds is 15. The molecule has 0 aliphatic rings. The predicted octanol–water partition coefficient (Wildman–Crippen LogP) is -3.38. The summed E-state index contributed by atoms with van der Waals surface area (Å²) in [7, 11) is 0. The minimum atomic E-state index is -1.64. The van der Waals surface area contributed by atoms with Crippen molar-refractivity contribution in [3.63, 3.8) is 0 Å². The largest absolute Gasteiger partial charge is 0.480 e. The van der Waals surface area contributed by atoms with Crippen molar-refractivity contribution in [1.29, 1.82) is 0 Å². The summed E-state index contributed by atoms with van der Waals surface area (Å²) in [6.07, 6.45) is -2.44. The van der Waals surface area contributed by atoms with Gasteiger partial charge >= 0.3 is 5.97 Å². The molecule has 0 fully saturated rings. The molecule has 0 saturated heterocycles. The van der Waals surface area contributed by atoms with Gasteiger partial charge < -0.3 is 43.4 Å². The van der Waals surface area contributed by atoms with Gasteiger partial charge in [-0.3, -0.25) is 24.0 Å². The molecule has 11 N–H and O–H groups in total. The molecule has 0 aliphatic carbocycles. The van der Waals surface area contributed by atoms with Gasteiger partial charge in [0.2, 0.25) is 29.5 Å². The summed E-state index contributed by atoms with van der Waals surface area (Å²) < 4.78 is 0. The summed E-state index contributed by atoms with van der Waals surface area (Å²) in [6.45, 7) is 1.22. The van der Waals surface area contributed by atoms with Crippen LogP contribution in [-0.2, 0) is 35.2 Å². The average Bonchev–Trinajstić information content (AvgIpc) is 2.79. The molecule has 1 aromatic rings. The maximum Gasteiger partial charge on any atom is 0.326 e. The van der Waals surface area contributed by atoms with Gasteiger partial charge in [-0.25, -0.2) is 4.79 Å². The monoisotopic (exact) mass is 508 g/mol. The standard InChI is InChI=1S/C22H32N6O8/c1-11(29)18(28-19(32)13(23)7-8-16(24)30)21(34)26-14(9-12-5-3-2-4-6-12)20(33)27-15(22(35)36)10-17(25)31/h2-6,11,13-15,18,29H,7-10,23H2,1H3,(H2,24,30)(H2,25,31)(H,26,34)(H,27,33)(H,28,32)(H,35,36). The second-order valence-electron chi connectivity index (χ2n) is 8.16. The van der Waals surface area contributed by atoms with E-state index in [1.54, 1.807) is 30.3 Å². The predicted molar refractivity (Wildman–Crippen MR) is 125 cm³/mol. The molecular weight excluding hydrogens is 476 g/mol. The third-order valence-corrected chi connectivity index (χ3v) is 5.04. The van der Waals surface area contributed by atoms with Crippen LogP contribution in [0.5, 0.6) is 0 Å². The van der Waals surface area contributed by atoms with Crippen molar-refractivity contribution in [2.24, 2.45) is 17.2 Å². The van der Waals surface area contributed by atoms with Crippen molar-refractivity contribution in [2.75, 3.05) is 0 Å². The lowest BCUT2D eigenvalue weighted by Crippen LogP contribution is -2.60. The Hall–Kier alpha value is -4.04. The lowest BCUT2D eigenvalue weighted by Gasteiger charge is -2.26. The highest BCUT2D eigenvalue weighted by Gasteiger charge is 2.33. The summed E-state index contributed by atoms with van der Waals surface area (Å²) in [4.78, 5) is 71.7. The van der Waals surface area contributed by atoms with E-state index in [1.807, 2.05) is 0 Å². The molecule has 14 heteroatoms. The van der Waals surface area contributed by atoms with Crippen LogP contribution in [0.2, 0.25) is 0 Å². The second kappa shape index (κ2) is 14.4. The summed E-state index contributed by atoms with van der Waals surface area (Å²) in [5.41, 5.74) is 16.4. The second-order valence-corrected chi connectivity index (χ2v) is 8.16. The van der Waals surface area contributed by atoms with E-state index in [0.717, 1.165) is 0 Å². The van der Waals surface area contributed by atoms with Gasteiger partial charge in [0, 0.05) is 12.8 Å². The molecule has 5 amide bonds. The number of primary amides is 2. The quantitative estimate of drug-likeness (QED) is 0.117. The van der Waals surface area contributed by atoms with Gasteiger partial charge in [-0.1, -0.05) is 30.3 Å². The van der Waals surface area contributed by atoms with Crippen molar-refractivity contribution in [3.8, 4) is 0 Å². The molecule has 5 unspecified atom stereocenters. The molecular formula is C22H32N6O8. The highest BCUT2D eigenvalue weighted by Crippen LogP contribution is 2.06. The van der Waals surface area contributed by atoms with Crippen molar-refractivity contribution in [3.05, 3.63) is 35.9 Å². The number of aliphatic carboxylic acids is 1. The first-order valence-corrected chi connectivity index (χ1v) is 11.0. The molecule has 36 heavy (non-hydrogen) atoms. The number of aliphatic hydroxyl groups excluding tert-OH is 1. The maximum absolute atomic E-state index is 12.9. The zero-order valence-corrected chi connectivity index (χ0v) is 19.7. The van der Waals surface area contributed by atoms with Crippen molar-refractivity contribution >= 4 is 35.5 Å². The number of aliphatic hydroxyl groups is 1. The summed E-state index contributed by atoms with van der Waals surface area (Å²) >= 11 is 0. The van der Waals surface area contributed by atoms with Crippen molar-refractivity contribution in [2.45, 2.75) is 62.9 Å². The summed E-state index contributed by atoms with van der Waals surface area (Å²) in [6, 6.07) is 2.70. The van der Waals surface area contributed by atoms with E-state index in [4.69, 9.17) is 17.2 Å². The molecule has 0 bridgehead atoms. The van der Waals surface area contributed by atoms with Gasteiger partial charge in [-0.05, 0) is 18.9 Å². The fourth-order valence-corrected chi connectivity index (χ4v) is 3.09. The molecule has 5 atom stereocenters. The van der Waals surface area contributed by atoms with Crippen LogP contribution >= 0.6 is 0 Å². The summed E-state index contributed by atoms with van der Waals surface area (Å²) in [5.74, 6) is -5.88. The molecule has 0 saturated carbocycles. The minimum Gasteiger partial charge on any atom is -0.480 e. The Bertz CT molecular complexity index is 955. The number of hydrogen-bond acceptors (Lipinski definition) is 8. The van der Waals surface area contributed by atoms with E-state index < -0.39 is 72.2 Å². The topological polar surface area (TPSA) is 257 Å². The normalized spacial score (nSPS) is 14.9. The third kappa shape index (κ3) is 10.5. The van der Waals surface area contributed by atoms with Gasteiger partial charge in [0.15, 0.2) is 0 Å². The molecule has 1 aromatic carbocycles. The van der Waals surface area contributed by atoms with Gasteiger partial charge in [-0.15, -0.1) is 0 Å². The van der Waals surface area contributed by atoms with E-state index in [0.29, 0.717) is 5.56 Å². The highest BCUT2D eigenvalue weighted by atomic mass is 16.4. The number of nitrogens with one attached hydrogen (secondary N) is 3. The number of hydrogen-bond donors (Lipinski definition) is 8. The smallest absolute Gasteiger partial charge is 0.326 e. The zero-order chi connectivity index (χ0) is 27.4. The number of carboxylic acid groups (broad SMARTS) is 1. The third-order valence-electron chi connectivity index (χ3n) is 5.04. The van der Waals surface area contributed by atoms with Gasteiger partial charge in [0.05, 0.1) is 18.6 Å². The number of benzene rings is 1. The van der Waals surface area contributed by atoms with Crippen LogP contribution in [0.1, 0.15) is 31.7 Å². The first-order valence-electron chi connectivity index (χ1n) is 11.0. The maximum atomic E-state index is 12.9. The first-order chi connectivity index (χ1) is 16.8. The van der Waals surface area contributed by atoms with Crippen LogP contribution in [0.15, 0.2) is 30.3 Å². The van der Waals surface area contributed by atoms with Gasteiger partial charge in [0.1, 0.15) is 18.1 Å². The van der Waals surface area contributed by atoms with Crippen molar-refractivity contribution in [1.82, 2.24) is 16.0 Å². The van der Waals surface area contributed by atoms with E-state index in [1.165, 1.54) is 6.92 Å². The average molecular weight is 509 g/mol. The van der Waals surface area contributed by atoms with Crippen LogP contribution in [-0.4, -0.2) is 76.0 Å². The lowest BCUT2D eigenvalue weighted by molar-refractivity contribution is -0.144. The first kappa shape index (κ1) is 30.0. The Morgan fingerprint density at radius 2 is 1.44 bits per heavy atom. The molecule has 1 rings (SSSR count). The minimum absolute atomic E-state index is 0.0834. The Balaban J connectivity index is 3.07. The SMILES string of the molecule is CC(O)C(NC(=O)C(N)CCC(N)=O)C(=O)NC(Cc1ccccc1)C(=O)NC(CC(N)=O)C(=O)O. The number of nitrogens with two attached hydrogens (primary N) is 3. The van der Waals surface area contributed by atoms with Crippen LogP contribution in [0.4, 0.5) is 0 Å². The number of amides is 5. The Morgan fingerprint density at radius 3 is 1.94 bits per heavy atom. The molecule has 198 valence electrons. The Kier molecular flexibility index (Phi) is 12.0. The molecule has 0 radical (unpaired) electrons. The van der Waals surface area contributed by atoms with E-state index >= 15 is 0 Å². The molecule has 0 spiro atoms. The van der Waals surface area contributed by atoms with Crippen LogP contribution < -0.4 is 33.2 Å². The molecule has 0 aliphatic heterocycles. The van der Waals surface area contributed by atoms with E-state index in [9.17, 15) is 39.0 Å². The van der Waals surface area contributed by atoms with Crippen LogP contribution in [0.3, 0.4) is 0 Å². The fourth-order valence-electron chi connectivity index (χ4n) is 3.09. The lowest BCUT2D eigenvalue weighted by atomic mass is 10.0. The van der Waals surface area contributed by atoms with Crippen LogP contribution in [0.25, 0.3) is 0 Å². The Morgan fingerprint density at radius 1 is 0.861 bits per heavy atom.